The van der Waals surface area contributed by atoms with Gasteiger partial charge in [0.15, 0.2) is 0 Å². The highest BCUT2D eigenvalue weighted by atomic mass is 32.2. The molecule has 0 saturated carbocycles. The van der Waals surface area contributed by atoms with Gasteiger partial charge >= 0.3 is 0 Å². The first kappa shape index (κ1) is 14.9. The summed E-state index contributed by atoms with van der Waals surface area (Å²) >= 11 is 0. The second-order valence-corrected chi connectivity index (χ2v) is 6.58. The van der Waals surface area contributed by atoms with Crippen LogP contribution >= 0.6 is 0 Å². The normalized spacial score (nSPS) is 12.6. The molecule has 0 saturated heterocycles. The van der Waals surface area contributed by atoms with E-state index in [0.717, 1.165) is 0 Å². The molecule has 0 aliphatic rings. The summed E-state index contributed by atoms with van der Waals surface area (Å²) in [6, 6.07) is 2.92. The third-order valence-electron chi connectivity index (χ3n) is 2.62. The predicted molar refractivity (Wildman–Crippen MR) is 69.3 cm³/mol. The zero-order valence-electron chi connectivity index (χ0n) is 10.5. The van der Waals surface area contributed by atoms with Crippen LogP contribution in [-0.4, -0.2) is 31.7 Å². The number of hydrogen-bond acceptors (Lipinski definition) is 5. The molecule has 1 rings (SSSR count). The number of pyridine rings is 1. The number of anilines is 1. The van der Waals surface area contributed by atoms with Gasteiger partial charge in [0.25, 0.3) is 0 Å². The standard InChI is InChI=1S/C11H19N3O3S/c1-11(2,5-7-15)8-14-18(16,17)9-4-3-6-13-10(9)12/h3-4,6,14-15H,5,7-8H2,1-2H3,(H2,12,13). The molecule has 0 amide bonds. The molecule has 0 spiro atoms. The maximum atomic E-state index is 12.0. The summed E-state index contributed by atoms with van der Waals surface area (Å²) in [6.45, 7) is 3.99. The van der Waals surface area contributed by atoms with Gasteiger partial charge in [0.2, 0.25) is 10.0 Å². The van der Waals surface area contributed by atoms with Gasteiger partial charge < -0.3 is 10.8 Å². The topological polar surface area (TPSA) is 105 Å². The molecule has 1 aromatic heterocycles. The molecule has 102 valence electrons. The maximum Gasteiger partial charge on any atom is 0.244 e. The van der Waals surface area contributed by atoms with Gasteiger partial charge in [0, 0.05) is 19.3 Å². The van der Waals surface area contributed by atoms with Crippen LogP contribution in [0.25, 0.3) is 0 Å². The van der Waals surface area contributed by atoms with Crippen molar-refractivity contribution < 1.29 is 13.5 Å². The first-order valence-electron chi connectivity index (χ1n) is 5.59. The van der Waals surface area contributed by atoms with E-state index in [2.05, 4.69) is 9.71 Å². The Morgan fingerprint density at radius 1 is 1.50 bits per heavy atom. The molecule has 0 fully saturated rings. The third kappa shape index (κ3) is 3.94. The van der Waals surface area contributed by atoms with Crippen LogP contribution in [0.1, 0.15) is 20.3 Å². The molecule has 0 radical (unpaired) electrons. The Kier molecular flexibility index (Phi) is 4.66. The van der Waals surface area contributed by atoms with Crippen LogP contribution in [0.5, 0.6) is 0 Å². The molecule has 0 aromatic carbocycles. The molecule has 0 aliphatic carbocycles. The Morgan fingerprint density at radius 2 is 2.17 bits per heavy atom. The van der Waals surface area contributed by atoms with Crippen molar-refractivity contribution in [3.05, 3.63) is 18.3 Å². The van der Waals surface area contributed by atoms with E-state index in [1.807, 2.05) is 13.8 Å². The van der Waals surface area contributed by atoms with Crippen molar-refractivity contribution in [3.63, 3.8) is 0 Å². The van der Waals surface area contributed by atoms with Crippen molar-refractivity contribution >= 4 is 15.8 Å². The summed E-state index contributed by atoms with van der Waals surface area (Å²) < 4.78 is 26.5. The smallest absolute Gasteiger partial charge is 0.244 e. The van der Waals surface area contributed by atoms with Crippen LogP contribution in [0.2, 0.25) is 0 Å². The highest BCUT2D eigenvalue weighted by Gasteiger charge is 2.23. The largest absolute Gasteiger partial charge is 0.396 e. The molecule has 1 heterocycles. The second-order valence-electron chi connectivity index (χ2n) is 4.85. The maximum absolute atomic E-state index is 12.0. The van der Waals surface area contributed by atoms with Gasteiger partial charge in [-0.25, -0.2) is 18.1 Å². The number of nitrogen functional groups attached to an aromatic ring is 1. The van der Waals surface area contributed by atoms with Crippen LogP contribution in [0, 0.1) is 5.41 Å². The van der Waals surface area contributed by atoms with Gasteiger partial charge in [-0.3, -0.25) is 0 Å². The number of rotatable bonds is 6. The fraction of sp³-hybridized carbons (Fsp3) is 0.545. The number of aliphatic hydroxyl groups excluding tert-OH is 1. The number of hydrogen-bond donors (Lipinski definition) is 3. The Morgan fingerprint density at radius 3 is 2.72 bits per heavy atom. The molecule has 18 heavy (non-hydrogen) atoms. The van der Waals surface area contributed by atoms with E-state index in [0.29, 0.717) is 6.42 Å². The first-order chi connectivity index (χ1) is 8.28. The van der Waals surface area contributed by atoms with Gasteiger partial charge in [-0.1, -0.05) is 13.8 Å². The number of nitrogens with one attached hydrogen (secondary N) is 1. The molecular weight excluding hydrogens is 254 g/mol. The Bertz CT molecular complexity index is 500. The predicted octanol–water partition coefficient (Wildman–Crippen LogP) is 0.351. The lowest BCUT2D eigenvalue weighted by atomic mass is 9.90. The average molecular weight is 273 g/mol. The Balaban J connectivity index is 2.81. The number of aromatic nitrogens is 1. The van der Waals surface area contributed by atoms with Crippen molar-refractivity contribution in [2.24, 2.45) is 5.41 Å². The van der Waals surface area contributed by atoms with E-state index in [1.54, 1.807) is 0 Å². The molecular formula is C11H19N3O3S. The lowest BCUT2D eigenvalue weighted by Gasteiger charge is -2.23. The van der Waals surface area contributed by atoms with Crippen LogP contribution < -0.4 is 10.5 Å². The van der Waals surface area contributed by atoms with Crippen LogP contribution in [0.3, 0.4) is 0 Å². The molecule has 0 aliphatic heterocycles. The summed E-state index contributed by atoms with van der Waals surface area (Å²) in [4.78, 5) is 3.72. The van der Waals surface area contributed by atoms with Gasteiger partial charge in [-0.2, -0.15) is 0 Å². The van der Waals surface area contributed by atoms with Crippen molar-refractivity contribution in [2.75, 3.05) is 18.9 Å². The molecule has 4 N–H and O–H groups in total. The van der Waals surface area contributed by atoms with Crippen LogP contribution in [0.4, 0.5) is 5.82 Å². The Labute approximate surface area is 107 Å². The summed E-state index contributed by atoms with van der Waals surface area (Å²) in [5.74, 6) is -0.0232. The number of nitrogens with two attached hydrogens (primary N) is 1. The van der Waals surface area contributed by atoms with Crippen molar-refractivity contribution in [1.82, 2.24) is 9.71 Å². The SMILES string of the molecule is CC(C)(CCO)CNS(=O)(=O)c1cccnc1N. The first-order valence-corrected chi connectivity index (χ1v) is 7.08. The monoisotopic (exact) mass is 273 g/mol. The van der Waals surface area contributed by atoms with Gasteiger partial charge in [-0.15, -0.1) is 0 Å². The quantitative estimate of drug-likeness (QED) is 0.693. The average Bonchev–Trinajstić information content (AvgIpc) is 2.27. The van der Waals surface area contributed by atoms with E-state index in [-0.39, 0.29) is 29.3 Å². The Hall–Kier alpha value is -1.18. The van der Waals surface area contributed by atoms with Crippen LogP contribution in [0.15, 0.2) is 23.2 Å². The molecule has 0 unspecified atom stereocenters. The van der Waals surface area contributed by atoms with Crippen molar-refractivity contribution in [3.8, 4) is 0 Å². The summed E-state index contributed by atoms with van der Waals surface area (Å²) in [7, 11) is -3.66. The van der Waals surface area contributed by atoms with Gasteiger partial charge in [-0.05, 0) is 24.0 Å². The summed E-state index contributed by atoms with van der Waals surface area (Å²) in [6.07, 6.45) is 1.95. The summed E-state index contributed by atoms with van der Waals surface area (Å²) in [5, 5.41) is 8.89. The van der Waals surface area contributed by atoms with E-state index in [4.69, 9.17) is 10.8 Å². The number of sulfonamides is 1. The van der Waals surface area contributed by atoms with Gasteiger partial charge in [0.05, 0.1) is 0 Å². The van der Waals surface area contributed by atoms with Crippen molar-refractivity contribution in [1.29, 1.82) is 0 Å². The number of nitrogens with zero attached hydrogens (tertiary/aromatic N) is 1. The lowest BCUT2D eigenvalue weighted by Crippen LogP contribution is -2.35. The zero-order chi connectivity index (χ0) is 13.8. The summed E-state index contributed by atoms with van der Waals surface area (Å²) in [5.41, 5.74) is 5.21. The van der Waals surface area contributed by atoms with E-state index >= 15 is 0 Å². The lowest BCUT2D eigenvalue weighted by molar-refractivity contribution is 0.213. The minimum atomic E-state index is -3.66. The fourth-order valence-corrected chi connectivity index (χ4v) is 2.71. The third-order valence-corrected chi connectivity index (χ3v) is 4.07. The second kappa shape index (κ2) is 5.64. The highest BCUT2D eigenvalue weighted by molar-refractivity contribution is 7.89. The molecule has 6 nitrogen and oxygen atoms in total. The van der Waals surface area contributed by atoms with E-state index < -0.39 is 10.0 Å². The molecule has 1 aromatic rings. The fourth-order valence-electron chi connectivity index (χ4n) is 1.39. The van der Waals surface area contributed by atoms with E-state index in [1.165, 1.54) is 18.3 Å². The molecule has 0 atom stereocenters. The van der Waals surface area contributed by atoms with Crippen molar-refractivity contribution in [2.45, 2.75) is 25.2 Å². The van der Waals surface area contributed by atoms with Crippen LogP contribution in [-0.2, 0) is 10.0 Å². The minimum absolute atomic E-state index is 0.0176. The van der Waals surface area contributed by atoms with E-state index in [9.17, 15) is 8.42 Å². The molecule has 7 heteroatoms. The number of aliphatic hydroxyl groups is 1. The minimum Gasteiger partial charge on any atom is -0.396 e. The van der Waals surface area contributed by atoms with Gasteiger partial charge in [0.1, 0.15) is 10.7 Å². The molecule has 0 bridgehead atoms. The highest BCUT2D eigenvalue weighted by Crippen LogP contribution is 2.20. The zero-order valence-corrected chi connectivity index (χ0v) is 11.4.